The molecule has 1 atom stereocenters. The Labute approximate surface area is 119 Å². The average molecular weight is 269 g/mol. The Kier molecular flexibility index (Phi) is 4.35. The second-order valence-corrected chi connectivity index (χ2v) is 4.89. The van der Waals surface area contributed by atoms with Gasteiger partial charge in [0.1, 0.15) is 0 Å². The maximum atomic E-state index is 12.2. The number of benzene rings is 1. The van der Waals surface area contributed by atoms with Crippen LogP contribution in [0, 0.1) is 0 Å². The van der Waals surface area contributed by atoms with Crippen LogP contribution in [0.25, 0.3) is 0 Å². The largest absolute Gasteiger partial charge is 0.378 e. The zero-order chi connectivity index (χ0) is 14.5. The third-order valence-electron chi connectivity index (χ3n) is 3.10. The summed E-state index contributed by atoms with van der Waals surface area (Å²) in [6, 6.07) is 13.1. The Hall–Kier alpha value is -2.36. The van der Waals surface area contributed by atoms with Crippen molar-refractivity contribution in [3.63, 3.8) is 0 Å². The molecule has 4 heteroatoms. The third kappa shape index (κ3) is 3.35. The van der Waals surface area contributed by atoms with Crippen molar-refractivity contribution in [2.75, 3.05) is 19.0 Å². The summed E-state index contributed by atoms with van der Waals surface area (Å²) in [5.41, 5.74) is 2.51. The van der Waals surface area contributed by atoms with Crippen LogP contribution < -0.4 is 10.2 Å². The Balaban J connectivity index is 2.10. The summed E-state index contributed by atoms with van der Waals surface area (Å²) < 4.78 is 0. The van der Waals surface area contributed by atoms with Crippen LogP contribution in [0.4, 0.5) is 5.69 Å². The van der Waals surface area contributed by atoms with Crippen molar-refractivity contribution < 1.29 is 4.79 Å². The average Bonchev–Trinajstić information content (AvgIpc) is 2.48. The van der Waals surface area contributed by atoms with Gasteiger partial charge in [-0.2, -0.15) is 0 Å². The molecule has 0 aliphatic carbocycles. The second-order valence-electron chi connectivity index (χ2n) is 4.89. The lowest BCUT2D eigenvalue weighted by Crippen LogP contribution is -2.27. The van der Waals surface area contributed by atoms with Crippen LogP contribution in [-0.4, -0.2) is 25.0 Å². The number of carbonyl (C=O) groups excluding carboxylic acids is 1. The summed E-state index contributed by atoms with van der Waals surface area (Å²) in [5, 5.41) is 2.96. The monoisotopic (exact) mass is 269 g/mol. The van der Waals surface area contributed by atoms with Gasteiger partial charge in [0.15, 0.2) is 0 Å². The molecule has 1 aromatic carbocycles. The summed E-state index contributed by atoms with van der Waals surface area (Å²) in [5.74, 6) is -0.0909. The number of pyridine rings is 1. The first kappa shape index (κ1) is 14.1. The number of anilines is 1. The molecule has 0 aliphatic rings. The van der Waals surface area contributed by atoms with Crippen LogP contribution in [0.1, 0.15) is 29.0 Å². The number of amides is 1. The van der Waals surface area contributed by atoms with Crippen molar-refractivity contribution in [3.8, 4) is 0 Å². The van der Waals surface area contributed by atoms with Crippen LogP contribution in [0.3, 0.4) is 0 Å². The Morgan fingerprint density at radius 3 is 2.65 bits per heavy atom. The van der Waals surface area contributed by atoms with Crippen LogP contribution in [0.15, 0.2) is 48.7 Å². The van der Waals surface area contributed by atoms with Gasteiger partial charge >= 0.3 is 0 Å². The van der Waals surface area contributed by atoms with Crippen molar-refractivity contribution >= 4 is 11.6 Å². The Bertz CT molecular complexity index is 581. The van der Waals surface area contributed by atoms with E-state index in [4.69, 9.17) is 0 Å². The molecule has 0 aliphatic heterocycles. The maximum Gasteiger partial charge on any atom is 0.251 e. The van der Waals surface area contributed by atoms with Crippen molar-refractivity contribution in [3.05, 3.63) is 59.9 Å². The lowest BCUT2D eigenvalue weighted by molar-refractivity contribution is 0.0939. The Morgan fingerprint density at radius 2 is 2.00 bits per heavy atom. The van der Waals surface area contributed by atoms with Gasteiger partial charge in [0, 0.05) is 31.5 Å². The standard InChI is InChI=1S/C16H19N3O/c1-12(15-9-4-5-10-17-15)18-16(20)13-7-6-8-14(11-13)19(2)3/h4-12H,1-3H3,(H,18,20)/t12-/m0/s1. The Morgan fingerprint density at radius 1 is 1.20 bits per heavy atom. The van der Waals surface area contributed by atoms with Gasteiger partial charge in [-0.05, 0) is 37.3 Å². The first-order valence-corrected chi connectivity index (χ1v) is 6.57. The predicted molar refractivity (Wildman–Crippen MR) is 80.9 cm³/mol. The van der Waals surface area contributed by atoms with E-state index in [0.717, 1.165) is 11.4 Å². The van der Waals surface area contributed by atoms with E-state index in [1.807, 2.05) is 68.4 Å². The van der Waals surface area contributed by atoms with Crippen LogP contribution in [0.5, 0.6) is 0 Å². The number of aromatic nitrogens is 1. The van der Waals surface area contributed by atoms with E-state index in [1.54, 1.807) is 6.20 Å². The zero-order valence-corrected chi connectivity index (χ0v) is 12.0. The van der Waals surface area contributed by atoms with Gasteiger partial charge in [-0.3, -0.25) is 9.78 Å². The van der Waals surface area contributed by atoms with Gasteiger partial charge in [-0.1, -0.05) is 12.1 Å². The van der Waals surface area contributed by atoms with E-state index in [2.05, 4.69) is 10.3 Å². The molecule has 1 aromatic heterocycles. The number of carbonyl (C=O) groups is 1. The molecule has 1 N–H and O–H groups in total. The van der Waals surface area contributed by atoms with E-state index in [9.17, 15) is 4.79 Å². The first-order chi connectivity index (χ1) is 9.58. The van der Waals surface area contributed by atoms with Gasteiger partial charge in [0.25, 0.3) is 5.91 Å². The van der Waals surface area contributed by atoms with Crippen LogP contribution in [-0.2, 0) is 0 Å². The summed E-state index contributed by atoms with van der Waals surface area (Å²) in [7, 11) is 3.90. The van der Waals surface area contributed by atoms with E-state index < -0.39 is 0 Å². The smallest absolute Gasteiger partial charge is 0.251 e. The number of nitrogens with one attached hydrogen (secondary N) is 1. The lowest BCUT2D eigenvalue weighted by Gasteiger charge is -2.16. The molecule has 0 saturated carbocycles. The highest BCUT2D eigenvalue weighted by Crippen LogP contribution is 2.15. The summed E-state index contributed by atoms with van der Waals surface area (Å²) in [6.07, 6.45) is 1.73. The van der Waals surface area contributed by atoms with Crippen molar-refractivity contribution in [2.24, 2.45) is 0 Å². The molecule has 0 bridgehead atoms. The number of hydrogen-bond acceptors (Lipinski definition) is 3. The SMILES string of the molecule is C[C@H](NC(=O)c1cccc(N(C)C)c1)c1ccccn1. The molecule has 2 rings (SSSR count). The minimum atomic E-state index is -0.119. The highest BCUT2D eigenvalue weighted by atomic mass is 16.1. The molecular weight excluding hydrogens is 250 g/mol. The molecule has 0 saturated heterocycles. The zero-order valence-electron chi connectivity index (χ0n) is 12.0. The molecule has 0 radical (unpaired) electrons. The van der Waals surface area contributed by atoms with Gasteiger partial charge < -0.3 is 10.2 Å². The summed E-state index contributed by atoms with van der Waals surface area (Å²) >= 11 is 0. The van der Waals surface area contributed by atoms with Gasteiger partial charge in [-0.15, -0.1) is 0 Å². The molecule has 0 fully saturated rings. The highest BCUT2D eigenvalue weighted by Gasteiger charge is 2.12. The molecule has 0 unspecified atom stereocenters. The van der Waals surface area contributed by atoms with Crippen LogP contribution in [0.2, 0.25) is 0 Å². The molecule has 20 heavy (non-hydrogen) atoms. The van der Waals surface area contributed by atoms with Crippen molar-refractivity contribution in [1.82, 2.24) is 10.3 Å². The van der Waals surface area contributed by atoms with E-state index in [-0.39, 0.29) is 11.9 Å². The molecule has 1 heterocycles. The minimum Gasteiger partial charge on any atom is -0.378 e. The summed E-state index contributed by atoms with van der Waals surface area (Å²) in [6.45, 7) is 1.93. The quantitative estimate of drug-likeness (QED) is 0.928. The molecule has 0 spiro atoms. The van der Waals surface area contributed by atoms with E-state index in [1.165, 1.54) is 0 Å². The molecule has 4 nitrogen and oxygen atoms in total. The molecular formula is C16H19N3O. The minimum absolute atomic E-state index is 0.0909. The fraction of sp³-hybridized carbons (Fsp3) is 0.250. The molecule has 2 aromatic rings. The number of nitrogens with zero attached hydrogens (tertiary/aromatic N) is 2. The van der Waals surface area contributed by atoms with Gasteiger partial charge in [-0.25, -0.2) is 0 Å². The number of hydrogen-bond donors (Lipinski definition) is 1. The maximum absolute atomic E-state index is 12.2. The fourth-order valence-corrected chi connectivity index (χ4v) is 1.91. The molecule has 1 amide bonds. The highest BCUT2D eigenvalue weighted by molar-refractivity contribution is 5.95. The third-order valence-corrected chi connectivity index (χ3v) is 3.10. The van der Waals surface area contributed by atoms with E-state index >= 15 is 0 Å². The molecule has 104 valence electrons. The van der Waals surface area contributed by atoms with Crippen molar-refractivity contribution in [1.29, 1.82) is 0 Å². The summed E-state index contributed by atoms with van der Waals surface area (Å²) in [4.78, 5) is 18.5. The lowest BCUT2D eigenvalue weighted by atomic mass is 10.1. The van der Waals surface area contributed by atoms with E-state index in [0.29, 0.717) is 5.56 Å². The van der Waals surface area contributed by atoms with Gasteiger partial charge in [0.05, 0.1) is 11.7 Å². The normalized spacial score (nSPS) is 11.8. The van der Waals surface area contributed by atoms with Gasteiger partial charge in [0.2, 0.25) is 0 Å². The fourth-order valence-electron chi connectivity index (χ4n) is 1.91. The van der Waals surface area contributed by atoms with Crippen LogP contribution >= 0.6 is 0 Å². The number of rotatable bonds is 4. The topological polar surface area (TPSA) is 45.2 Å². The first-order valence-electron chi connectivity index (χ1n) is 6.57. The predicted octanol–water partition coefficient (Wildman–Crippen LogP) is 2.64. The van der Waals surface area contributed by atoms with Crippen molar-refractivity contribution in [2.45, 2.75) is 13.0 Å². The second kappa shape index (κ2) is 6.19.